The van der Waals surface area contributed by atoms with E-state index in [9.17, 15) is 35.7 Å². The average Bonchev–Trinajstić information content (AvgIpc) is 3.02. The highest BCUT2D eigenvalue weighted by Crippen LogP contribution is 2.57. The number of aliphatic hydroxyl groups is 7. The van der Waals surface area contributed by atoms with Crippen LogP contribution in [-0.2, 0) is 37.9 Å². The third-order valence-corrected chi connectivity index (χ3v) is 9.83. The Morgan fingerprint density at radius 3 is 1.58 bits per heavy atom. The van der Waals surface area contributed by atoms with Crippen molar-refractivity contribution in [3.63, 3.8) is 0 Å². The lowest BCUT2D eigenvalue weighted by Crippen LogP contribution is -2.64. The van der Waals surface area contributed by atoms with E-state index in [-0.39, 0.29) is 18.8 Å². The van der Waals surface area contributed by atoms with Crippen molar-refractivity contribution in [3.8, 4) is 0 Å². The number of ether oxygens (including phenoxy) is 8. The largest absolute Gasteiger partial charge is 0.394 e. The van der Waals surface area contributed by atoms with Gasteiger partial charge in [0.1, 0.15) is 48.8 Å². The van der Waals surface area contributed by atoms with Crippen molar-refractivity contribution in [2.75, 3.05) is 66.1 Å². The van der Waals surface area contributed by atoms with E-state index >= 15 is 0 Å². The quantitative estimate of drug-likeness (QED) is 0.0773. The first-order valence-electron chi connectivity index (χ1n) is 16.3. The smallest absolute Gasteiger partial charge is 0.187 e. The van der Waals surface area contributed by atoms with E-state index in [1.807, 2.05) is 0 Å². The van der Waals surface area contributed by atoms with Gasteiger partial charge in [0.25, 0.3) is 0 Å². The Balaban J connectivity index is 0.890. The molecule has 15 heteroatoms. The van der Waals surface area contributed by atoms with Crippen LogP contribution >= 0.6 is 0 Å². The molecule has 7 N–H and O–H groups in total. The molecule has 2 heterocycles. The van der Waals surface area contributed by atoms with Crippen molar-refractivity contribution in [2.24, 2.45) is 17.8 Å². The molecule has 6 rings (SSSR count). The molecule has 6 aliphatic rings. The van der Waals surface area contributed by atoms with Crippen LogP contribution in [0.2, 0.25) is 0 Å². The van der Waals surface area contributed by atoms with Crippen molar-refractivity contribution < 1.29 is 73.6 Å². The first-order valence-corrected chi connectivity index (χ1v) is 16.3. The summed E-state index contributed by atoms with van der Waals surface area (Å²) in [7, 11) is 0. The van der Waals surface area contributed by atoms with Gasteiger partial charge >= 0.3 is 0 Å². The molecule has 0 spiro atoms. The van der Waals surface area contributed by atoms with Crippen LogP contribution in [0.4, 0.5) is 0 Å². The Kier molecular flexibility index (Phi) is 13.2. The minimum absolute atomic E-state index is 0.0116. The van der Waals surface area contributed by atoms with Gasteiger partial charge in [-0.05, 0) is 56.3 Å². The predicted octanol–water partition coefficient (Wildman–Crippen LogP) is -2.34. The summed E-state index contributed by atoms with van der Waals surface area (Å²) in [6.07, 6.45) is -7.11. The Hall–Kier alpha value is -0.600. The Morgan fingerprint density at radius 2 is 1.02 bits per heavy atom. The second kappa shape index (κ2) is 16.7. The molecule has 10 atom stereocenters. The summed E-state index contributed by atoms with van der Waals surface area (Å²) < 4.78 is 44.9. The van der Waals surface area contributed by atoms with Crippen LogP contribution in [0, 0.1) is 17.8 Å². The van der Waals surface area contributed by atoms with Crippen molar-refractivity contribution in [2.45, 2.75) is 106 Å². The van der Waals surface area contributed by atoms with Crippen LogP contribution in [0.5, 0.6) is 0 Å². The first kappa shape index (κ1) is 35.7. The topological polar surface area (TPSA) is 215 Å². The van der Waals surface area contributed by atoms with Gasteiger partial charge in [-0.1, -0.05) is 0 Å². The van der Waals surface area contributed by atoms with Crippen molar-refractivity contribution in [3.05, 3.63) is 0 Å². The lowest BCUT2D eigenvalue weighted by molar-refractivity contribution is -0.359. The molecule has 0 aromatic carbocycles. The minimum Gasteiger partial charge on any atom is -0.394 e. The summed E-state index contributed by atoms with van der Waals surface area (Å²) in [5, 5.41) is 70.5. The fourth-order valence-corrected chi connectivity index (χ4v) is 7.98. The fourth-order valence-electron chi connectivity index (χ4n) is 7.98. The van der Waals surface area contributed by atoms with Gasteiger partial charge in [0.2, 0.25) is 0 Å². The minimum atomic E-state index is -1.73. The molecule has 0 radical (unpaired) electrons. The molecule has 0 aromatic heterocycles. The number of hydrogen-bond donors (Lipinski definition) is 7. The molecular weight excluding hydrogens is 600 g/mol. The molecular formula is C30H52O15. The summed E-state index contributed by atoms with van der Waals surface area (Å²) >= 11 is 0. The highest BCUT2D eigenvalue weighted by Gasteiger charge is 2.52. The zero-order chi connectivity index (χ0) is 32.0. The first-order chi connectivity index (χ1) is 21.7. The normalized spacial score (nSPS) is 44.5. The predicted molar refractivity (Wildman–Crippen MR) is 152 cm³/mol. The molecule has 6 fully saturated rings. The third-order valence-electron chi connectivity index (χ3n) is 9.83. The molecule has 4 bridgehead atoms. The lowest BCUT2D eigenvalue weighted by atomic mass is 9.54. The molecule has 262 valence electrons. The lowest BCUT2D eigenvalue weighted by Gasteiger charge is -2.56. The Labute approximate surface area is 263 Å². The SMILES string of the molecule is OC[C@H]1O[C@@H](O[C@H]2[C@H](O)[C@@H](O)[C@H](OCCOCCOCCOCCOC34CC5CC(CC(C5)C3)C4)O[C@@H]2CO)[C@H](O)[C@@H](O)[C@H]1O. The summed E-state index contributed by atoms with van der Waals surface area (Å²) in [4.78, 5) is 0. The molecule has 0 unspecified atom stereocenters. The summed E-state index contributed by atoms with van der Waals surface area (Å²) in [6.45, 7) is 1.61. The van der Waals surface area contributed by atoms with E-state index in [0.717, 1.165) is 17.8 Å². The third kappa shape index (κ3) is 8.90. The van der Waals surface area contributed by atoms with Crippen molar-refractivity contribution in [1.29, 1.82) is 0 Å². The second-order valence-corrected chi connectivity index (χ2v) is 13.2. The van der Waals surface area contributed by atoms with Crippen LogP contribution in [0.25, 0.3) is 0 Å². The maximum Gasteiger partial charge on any atom is 0.187 e. The van der Waals surface area contributed by atoms with Gasteiger partial charge in [-0.3, -0.25) is 0 Å². The summed E-state index contributed by atoms with van der Waals surface area (Å²) in [5.41, 5.74) is 0.103. The molecule has 45 heavy (non-hydrogen) atoms. The second-order valence-electron chi connectivity index (χ2n) is 13.2. The molecule has 15 nitrogen and oxygen atoms in total. The van der Waals surface area contributed by atoms with E-state index in [2.05, 4.69) is 0 Å². The van der Waals surface area contributed by atoms with Crippen LogP contribution in [0.15, 0.2) is 0 Å². The van der Waals surface area contributed by atoms with E-state index in [1.54, 1.807) is 0 Å². The van der Waals surface area contributed by atoms with Gasteiger partial charge in [0.05, 0.1) is 71.7 Å². The number of aliphatic hydroxyl groups excluding tert-OH is 7. The molecule has 0 aromatic rings. The highest BCUT2D eigenvalue weighted by molar-refractivity contribution is 5.03. The standard InChI is InChI=1S/C30H52O15/c31-15-20-22(33)23(34)25(36)29(43-20)45-27-21(16-32)44-28(26(37)24(27)35)41-7-5-39-3-1-38-2-4-40-6-8-42-30-12-17-9-18(13-30)11-19(10-17)14-30/h17-29,31-37H,1-16H2/t17?,18?,19?,20-,21-,22+,23+,24-,25-,26-,27-,28-,29+,30?/m1/s1. The molecule has 4 aliphatic carbocycles. The zero-order valence-corrected chi connectivity index (χ0v) is 25.7. The highest BCUT2D eigenvalue weighted by atomic mass is 16.7. The van der Waals surface area contributed by atoms with Crippen molar-refractivity contribution >= 4 is 0 Å². The monoisotopic (exact) mass is 652 g/mol. The number of hydrogen-bond acceptors (Lipinski definition) is 15. The fraction of sp³-hybridized carbons (Fsp3) is 1.00. The summed E-state index contributed by atoms with van der Waals surface area (Å²) in [5.74, 6) is 2.59. The molecule has 4 saturated carbocycles. The Morgan fingerprint density at radius 1 is 0.533 bits per heavy atom. The molecule has 0 amide bonds. The van der Waals surface area contributed by atoms with Crippen LogP contribution in [-0.4, -0.2) is 169 Å². The maximum atomic E-state index is 10.7. The number of rotatable bonds is 18. The van der Waals surface area contributed by atoms with Crippen LogP contribution < -0.4 is 0 Å². The van der Waals surface area contributed by atoms with Gasteiger partial charge < -0.3 is 73.6 Å². The molecule has 2 aliphatic heterocycles. The maximum absolute atomic E-state index is 10.7. The van der Waals surface area contributed by atoms with Crippen LogP contribution in [0.3, 0.4) is 0 Å². The average molecular weight is 653 g/mol. The van der Waals surface area contributed by atoms with E-state index in [4.69, 9.17) is 37.9 Å². The van der Waals surface area contributed by atoms with Gasteiger partial charge in [0.15, 0.2) is 12.6 Å². The van der Waals surface area contributed by atoms with Gasteiger partial charge in [-0.15, -0.1) is 0 Å². The van der Waals surface area contributed by atoms with Gasteiger partial charge in [-0.2, -0.15) is 0 Å². The van der Waals surface area contributed by atoms with E-state index in [0.29, 0.717) is 39.6 Å². The van der Waals surface area contributed by atoms with E-state index in [1.165, 1.54) is 38.5 Å². The van der Waals surface area contributed by atoms with Crippen LogP contribution in [0.1, 0.15) is 38.5 Å². The van der Waals surface area contributed by atoms with Gasteiger partial charge in [-0.25, -0.2) is 0 Å². The van der Waals surface area contributed by atoms with Crippen molar-refractivity contribution in [1.82, 2.24) is 0 Å². The zero-order valence-electron chi connectivity index (χ0n) is 25.7. The van der Waals surface area contributed by atoms with E-state index < -0.39 is 74.6 Å². The Bertz CT molecular complexity index is 841. The van der Waals surface area contributed by atoms with Gasteiger partial charge in [0, 0.05) is 0 Å². The molecule has 2 saturated heterocycles. The summed E-state index contributed by atoms with van der Waals surface area (Å²) in [6, 6.07) is 0.